The zero-order chi connectivity index (χ0) is 13.0. The van der Waals surface area contributed by atoms with Crippen molar-refractivity contribution in [3.8, 4) is 0 Å². The number of nitrogens with two attached hydrogens (primary N) is 1. The molecular weight excluding hydrogens is 226 g/mol. The summed E-state index contributed by atoms with van der Waals surface area (Å²) in [7, 11) is 0. The Hall–Kier alpha value is -1.71. The smallest absolute Gasteiger partial charge is 0.321 e. The normalized spacial score (nSPS) is 19.6. The van der Waals surface area contributed by atoms with Crippen LogP contribution >= 0.6 is 0 Å². The molecule has 4 nitrogen and oxygen atoms in total. The van der Waals surface area contributed by atoms with E-state index in [-0.39, 0.29) is 6.03 Å². The molecule has 0 spiro atoms. The first-order valence-corrected chi connectivity index (χ1v) is 6.60. The Labute approximate surface area is 108 Å². The number of rotatable bonds is 2. The molecule has 1 saturated heterocycles. The van der Waals surface area contributed by atoms with E-state index in [2.05, 4.69) is 12.2 Å². The maximum Gasteiger partial charge on any atom is 0.321 e. The standard InChI is InChI=1S/C14H21N3O/c1-2-11-4-3-9-17(10-11)14(18)16-13-7-5-12(15)6-8-13/h5-8,11H,2-4,9-10,15H2,1H3,(H,16,18). The third-order valence-electron chi connectivity index (χ3n) is 3.55. The molecule has 1 atom stereocenters. The van der Waals surface area contributed by atoms with Gasteiger partial charge in [-0.2, -0.15) is 0 Å². The first kappa shape index (κ1) is 12.7. The van der Waals surface area contributed by atoms with Crippen molar-refractivity contribution in [2.75, 3.05) is 24.1 Å². The minimum Gasteiger partial charge on any atom is -0.399 e. The van der Waals surface area contributed by atoms with Crippen LogP contribution in [0.4, 0.5) is 16.2 Å². The molecule has 1 aromatic rings. The van der Waals surface area contributed by atoms with Gasteiger partial charge in [-0.05, 0) is 43.0 Å². The van der Waals surface area contributed by atoms with Crippen LogP contribution in [0.3, 0.4) is 0 Å². The van der Waals surface area contributed by atoms with Gasteiger partial charge in [0.1, 0.15) is 0 Å². The number of likely N-dealkylation sites (tertiary alicyclic amines) is 1. The van der Waals surface area contributed by atoms with Crippen molar-refractivity contribution in [2.24, 2.45) is 5.92 Å². The molecule has 98 valence electrons. The molecule has 1 aliphatic heterocycles. The lowest BCUT2D eigenvalue weighted by molar-refractivity contribution is 0.176. The van der Waals surface area contributed by atoms with E-state index in [0.717, 1.165) is 31.6 Å². The van der Waals surface area contributed by atoms with Crippen LogP contribution in [-0.2, 0) is 0 Å². The van der Waals surface area contributed by atoms with Crippen molar-refractivity contribution in [1.29, 1.82) is 0 Å². The summed E-state index contributed by atoms with van der Waals surface area (Å²) in [5, 5.41) is 2.91. The van der Waals surface area contributed by atoms with Gasteiger partial charge in [0.15, 0.2) is 0 Å². The van der Waals surface area contributed by atoms with Crippen molar-refractivity contribution in [1.82, 2.24) is 4.90 Å². The zero-order valence-electron chi connectivity index (χ0n) is 10.9. The van der Waals surface area contributed by atoms with Gasteiger partial charge >= 0.3 is 6.03 Å². The lowest BCUT2D eigenvalue weighted by Crippen LogP contribution is -2.42. The molecule has 1 heterocycles. The summed E-state index contributed by atoms with van der Waals surface area (Å²) in [4.78, 5) is 14.0. The van der Waals surface area contributed by atoms with Gasteiger partial charge < -0.3 is 16.0 Å². The summed E-state index contributed by atoms with van der Waals surface area (Å²) in [5.74, 6) is 0.649. The largest absolute Gasteiger partial charge is 0.399 e. The highest BCUT2D eigenvalue weighted by Gasteiger charge is 2.22. The van der Waals surface area contributed by atoms with Crippen LogP contribution in [0.15, 0.2) is 24.3 Å². The van der Waals surface area contributed by atoms with Crippen molar-refractivity contribution in [3.05, 3.63) is 24.3 Å². The number of amides is 2. The van der Waals surface area contributed by atoms with Gasteiger partial charge in [-0.3, -0.25) is 0 Å². The Kier molecular flexibility index (Phi) is 4.07. The van der Waals surface area contributed by atoms with Gasteiger partial charge in [0, 0.05) is 24.5 Å². The Morgan fingerprint density at radius 1 is 1.44 bits per heavy atom. The molecule has 2 rings (SSSR count). The summed E-state index contributed by atoms with van der Waals surface area (Å²) in [5.41, 5.74) is 7.12. The average molecular weight is 247 g/mol. The number of benzene rings is 1. The number of anilines is 2. The molecule has 1 fully saturated rings. The second kappa shape index (κ2) is 5.76. The molecule has 0 bridgehead atoms. The maximum absolute atomic E-state index is 12.1. The Bertz CT molecular complexity index is 402. The predicted molar refractivity (Wildman–Crippen MR) is 74.5 cm³/mol. The number of piperidine rings is 1. The number of urea groups is 1. The Morgan fingerprint density at radius 2 is 2.17 bits per heavy atom. The highest BCUT2D eigenvalue weighted by atomic mass is 16.2. The van der Waals surface area contributed by atoms with E-state index in [1.54, 1.807) is 12.1 Å². The quantitative estimate of drug-likeness (QED) is 0.789. The Morgan fingerprint density at radius 3 is 2.83 bits per heavy atom. The summed E-state index contributed by atoms with van der Waals surface area (Å²) in [6.45, 7) is 3.92. The summed E-state index contributed by atoms with van der Waals surface area (Å²) >= 11 is 0. The molecule has 0 radical (unpaired) electrons. The van der Waals surface area contributed by atoms with Crippen LogP contribution in [0.1, 0.15) is 26.2 Å². The van der Waals surface area contributed by atoms with Crippen LogP contribution in [0, 0.1) is 5.92 Å². The first-order valence-electron chi connectivity index (χ1n) is 6.60. The molecule has 0 aliphatic carbocycles. The molecule has 1 aliphatic rings. The lowest BCUT2D eigenvalue weighted by atomic mass is 9.96. The van der Waals surface area contributed by atoms with Crippen LogP contribution in [0.5, 0.6) is 0 Å². The molecule has 4 heteroatoms. The van der Waals surface area contributed by atoms with Crippen LogP contribution in [0.25, 0.3) is 0 Å². The van der Waals surface area contributed by atoms with Gasteiger partial charge in [-0.25, -0.2) is 4.79 Å². The van der Waals surface area contributed by atoms with Gasteiger partial charge in [0.2, 0.25) is 0 Å². The SMILES string of the molecule is CCC1CCCN(C(=O)Nc2ccc(N)cc2)C1. The van der Waals surface area contributed by atoms with Crippen molar-refractivity contribution in [3.63, 3.8) is 0 Å². The molecule has 2 amide bonds. The fraction of sp³-hybridized carbons (Fsp3) is 0.500. The second-order valence-electron chi connectivity index (χ2n) is 4.91. The first-order chi connectivity index (χ1) is 8.69. The Balaban J connectivity index is 1.93. The van der Waals surface area contributed by atoms with E-state index < -0.39 is 0 Å². The second-order valence-corrected chi connectivity index (χ2v) is 4.91. The monoisotopic (exact) mass is 247 g/mol. The number of carbonyl (C=O) groups is 1. The number of nitrogens with zero attached hydrogens (tertiary/aromatic N) is 1. The average Bonchev–Trinajstić information content (AvgIpc) is 2.41. The van der Waals surface area contributed by atoms with Crippen LogP contribution < -0.4 is 11.1 Å². The fourth-order valence-electron chi connectivity index (χ4n) is 2.35. The van der Waals surface area contributed by atoms with E-state index in [1.165, 1.54) is 6.42 Å². The number of nitrogens with one attached hydrogen (secondary N) is 1. The minimum atomic E-state index is -0.00192. The molecule has 3 N–H and O–H groups in total. The minimum absolute atomic E-state index is 0.00192. The van der Waals surface area contributed by atoms with E-state index >= 15 is 0 Å². The lowest BCUT2D eigenvalue weighted by Gasteiger charge is -2.32. The van der Waals surface area contributed by atoms with Crippen molar-refractivity contribution >= 4 is 17.4 Å². The third-order valence-corrected chi connectivity index (χ3v) is 3.55. The molecular formula is C14H21N3O. The van der Waals surface area contributed by atoms with E-state index in [9.17, 15) is 4.79 Å². The number of nitrogen functional groups attached to an aromatic ring is 1. The molecule has 18 heavy (non-hydrogen) atoms. The molecule has 1 unspecified atom stereocenters. The van der Waals surface area contributed by atoms with E-state index in [0.29, 0.717) is 11.6 Å². The number of hydrogen-bond donors (Lipinski definition) is 2. The fourth-order valence-corrected chi connectivity index (χ4v) is 2.35. The highest BCUT2D eigenvalue weighted by molar-refractivity contribution is 5.89. The predicted octanol–water partition coefficient (Wildman–Crippen LogP) is 2.92. The summed E-state index contributed by atoms with van der Waals surface area (Å²) in [6, 6.07) is 7.24. The number of hydrogen-bond acceptors (Lipinski definition) is 2. The van der Waals surface area contributed by atoms with Crippen molar-refractivity contribution < 1.29 is 4.79 Å². The molecule has 0 saturated carbocycles. The topological polar surface area (TPSA) is 58.4 Å². The van der Waals surface area contributed by atoms with E-state index in [4.69, 9.17) is 5.73 Å². The van der Waals surface area contributed by atoms with Gasteiger partial charge in [0.05, 0.1) is 0 Å². The highest BCUT2D eigenvalue weighted by Crippen LogP contribution is 2.20. The van der Waals surface area contributed by atoms with E-state index in [1.807, 2.05) is 17.0 Å². The van der Waals surface area contributed by atoms with Crippen molar-refractivity contribution in [2.45, 2.75) is 26.2 Å². The van der Waals surface area contributed by atoms with Gasteiger partial charge in [0.25, 0.3) is 0 Å². The van der Waals surface area contributed by atoms with Gasteiger partial charge in [-0.15, -0.1) is 0 Å². The zero-order valence-corrected chi connectivity index (χ0v) is 10.9. The van der Waals surface area contributed by atoms with Crippen LogP contribution in [-0.4, -0.2) is 24.0 Å². The maximum atomic E-state index is 12.1. The summed E-state index contributed by atoms with van der Waals surface area (Å²) in [6.07, 6.45) is 3.49. The summed E-state index contributed by atoms with van der Waals surface area (Å²) < 4.78 is 0. The molecule has 0 aromatic heterocycles. The number of carbonyl (C=O) groups excluding carboxylic acids is 1. The van der Waals surface area contributed by atoms with Gasteiger partial charge in [-0.1, -0.05) is 13.3 Å². The molecule has 1 aromatic carbocycles. The van der Waals surface area contributed by atoms with Crippen LogP contribution in [0.2, 0.25) is 0 Å². The third kappa shape index (κ3) is 3.15.